The van der Waals surface area contributed by atoms with Crippen LogP contribution >= 0.6 is 11.6 Å². The van der Waals surface area contributed by atoms with Crippen LogP contribution in [0.3, 0.4) is 0 Å². The molecule has 106 valence electrons. The summed E-state index contributed by atoms with van der Waals surface area (Å²) in [6.07, 6.45) is 0. The second-order valence-corrected chi connectivity index (χ2v) is 5.31. The Hall–Kier alpha value is -1.67. The fourth-order valence-corrected chi connectivity index (χ4v) is 2.40. The van der Waals surface area contributed by atoms with Gasteiger partial charge in [-0.15, -0.1) is 0 Å². The Balaban J connectivity index is 1.86. The van der Waals surface area contributed by atoms with E-state index in [1.54, 1.807) is 0 Å². The average molecular weight is 291 g/mol. The zero-order valence-corrected chi connectivity index (χ0v) is 12.8. The van der Waals surface area contributed by atoms with Crippen LogP contribution in [0.4, 0.5) is 0 Å². The summed E-state index contributed by atoms with van der Waals surface area (Å²) in [7, 11) is 0. The summed E-state index contributed by atoms with van der Waals surface area (Å²) in [5.74, 6) is 1.59. The molecule has 0 heterocycles. The van der Waals surface area contributed by atoms with Crippen LogP contribution in [0, 0.1) is 20.8 Å². The molecule has 0 N–H and O–H groups in total. The minimum atomic E-state index is 0.470. The maximum absolute atomic E-state index is 6.18. The summed E-state index contributed by atoms with van der Waals surface area (Å²) in [5, 5.41) is 0.651. The number of aryl methyl sites for hydroxylation is 3. The molecule has 0 aliphatic rings. The van der Waals surface area contributed by atoms with Gasteiger partial charge in [-0.1, -0.05) is 35.4 Å². The molecule has 0 aliphatic heterocycles. The van der Waals surface area contributed by atoms with Crippen LogP contribution in [0.1, 0.15) is 16.7 Å². The summed E-state index contributed by atoms with van der Waals surface area (Å²) in [4.78, 5) is 0. The molecule has 0 radical (unpaired) electrons. The zero-order chi connectivity index (χ0) is 14.5. The number of hydrogen-bond acceptors (Lipinski definition) is 2. The predicted octanol–water partition coefficient (Wildman–Crippen LogP) is 4.72. The predicted molar refractivity (Wildman–Crippen MR) is 83.1 cm³/mol. The Kier molecular flexibility index (Phi) is 4.91. The lowest BCUT2D eigenvalue weighted by atomic mass is 10.1. The highest BCUT2D eigenvalue weighted by Gasteiger charge is 2.06. The first-order valence-corrected chi connectivity index (χ1v) is 7.03. The molecule has 2 aromatic rings. The molecule has 0 atom stereocenters. The van der Waals surface area contributed by atoms with Crippen molar-refractivity contribution < 1.29 is 9.47 Å². The SMILES string of the molecule is Cc1ccc(OCCOc2c(C)cc(C)cc2Cl)cc1. The Morgan fingerprint density at radius 2 is 1.50 bits per heavy atom. The van der Waals surface area contributed by atoms with Gasteiger partial charge in [-0.05, 0) is 50.1 Å². The molecule has 0 unspecified atom stereocenters. The Morgan fingerprint density at radius 3 is 2.15 bits per heavy atom. The van der Waals surface area contributed by atoms with Gasteiger partial charge in [0.2, 0.25) is 0 Å². The van der Waals surface area contributed by atoms with Crippen LogP contribution in [-0.2, 0) is 0 Å². The van der Waals surface area contributed by atoms with Crippen molar-refractivity contribution in [3.63, 3.8) is 0 Å². The van der Waals surface area contributed by atoms with Crippen molar-refractivity contribution >= 4 is 11.6 Å². The summed E-state index contributed by atoms with van der Waals surface area (Å²) < 4.78 is 11.3. The van der Waals surface area contributed by atoms with Gasteiger partial charge < -0.3 is 9.47 Å². The van der Waals surface area contributed by atoms with E-state index >= 15 is 0 Å². The quantitative estimate of drug-likeness (QED) is 0.742. The van der Waals surface area contributed by atoms with E-state index in [4.69, 9.17) is 21.1 Å². The molecule has 3 heteroatoms. The van der Waals surface area contributed by atoms with E-state index in [2.05, 4.69) is 13.0 Å². The van der Waals surface area contributed by atoms with Crippen molar-refractivity contribution in [2.24, 2.45) is 0 Å². The lowest BCUT2D eigenvalue weighted by molar-refractivity contribution is 0.216. The van der Waals surface area contributed by atoms with Gasteiger partial charge in [-0.2, -0.15) is 0 Å². The fraction of sp³-hybridized carbons (Fsp3) is 0.294. The first-order valence-electron chi connectivity index (χ1n) is 6.65. The van der Waals surface area contributed by atoms with Gasteiger partial charge in [0.15, 0.2) is 0 Å². The third kappa shape index (κ3) is 3.91. The van der Waals surface area contributed by atoms with Gasteiger partial charge in [0.1, 0.15) is 24.7 Å². The van der Waals surface area contributed by atoms with Crippen LogP contribution in [-0.4, -0.2) is 13.2 Å². The molecule has 20 heavy (non-hydrogen) atoms. The largest absolute Gasteiger partial charge is 0.490 e. The second-order valence-electron chi connectivity index (χ2n) is 4.90. The molecule has 0 spiro atoms. The topological polar surface area (TPSA) is 18.5 Å². The summed E-state index contributed by atoms with van der Waals surface area (Å²) in [6.45, 7) is 7.03. The molecule has 0 aromatic heterocycles. The first kappa shape index (κ1) is 14.7. The molecular weight excluding hydrogens is 272 g/mol. The zero-order valence-electron chi connectivity index (χ0n) is 12.1. The highest BCUT2D eigenvalue weighted by Crippen LogP contribution is 2.29. The minimum absolute atomic E-state index is 0.470. The maximum atomic E-state index is 6.18. The third-order valence-corrected chi connectivity index (χ3v) is 3.27. The first-order chi connectivity index (χ1) is 9.56. The lowest BCUT2D eigenvalue weighted by Gasteiger charge is -2.12. The minimum Gasteiger partial charge on any atom is -0.490 e. The van der Waals surface area contributed by atoms with E-state index in [9.17, 15) is 0 Å². The van der Waals surface area contributed by atoms with Gasteiger partial charge in [-0.3, -0.25) is 0 Å². The highest BCUT2D eigenvalue weighted by molar-refractivity contribution is 6.32. The van der Waals surface area contributed by atoms with Crippen molar-refractivity contribution in [1.82, 2.24) is 0 Å². The van der Waals surface area contributed by atoms with Gasteiger partial charge in [-0.25, -0.2) is 0 Å². The maximum Gasteiger partial charge on any atom is 0.140 e. The van der Waals surface area contributed by atoms with Crippen LogP contribution in [0.2, 0.25) is 5.02 Å². The molecule has 2 rings (SSSR count). The van der Waals surface area contributed by atoms with Crippen molar-refractivity contribution in [2.75, 3.05) is 13.2 Å². The standard InChI is InChI=1S/C17H19ClO2/c1-12-4-6-15(7-5-12)19-8-9-20-17-14(3)10-13(2)11-16(17)18/h4-7,10-11H,8-9H2,1-3H3. The Labute approximate surface area is 125 Å². The van der Waals surface area contributed by atoms with Crippen LogP contribution < -0.4 is 9.47 Å². The van der Waals surface area contributed by atoms with E-state index in [1.807, 2.05) is 44.2 Å². The smallest absolute Gasteiger partial charge is 0.140 e. The van der Waals surface area contributed by atoms with Crippen molar-refractivity contribution in [2.45, 2.75) is 20.8 Å². The number of rotatable bonds is 5. The van der Waals surface area contributed by atoms with Crippen LogP contribution in [0.5, 0.6) is 11.5 Å². The molecule has 0 bridgehead atoms. The van der Waals surface area contributed by atoms with E-state index in [0.29, 0.717) is 18.2 Å². The molecule has 0 saturated carbocycles. The Morgan fingerprint density at radius 1 is 0.850 bits per heavy atom. The second kappa shape index (κ2) is 6.67. The molecule has 2 aromatic carbocycles. The van der Waals surface area contributed by atoms with Gasteiger partial charge in [0.05, 0.1) is 5.02 Å². The van der Waals surface area contributed by atoms with Crippen molar-refractivity contribution in [1.29, 1.82) is 0 Å². The molecule has 0 aliphatic carbocycles. The van der Waals surface area contributed by atoms with Gasteiger partial charge in [0.25, 0.3) is 0 Å². The number of halogens is 1. The molecule has 2 nitrogen and oxygen atoms in total. The van der Waals surface area contributed by atoms with E-state index in [0.717, 1.165) is 22.6 Å². The lowest BCUT2D eigenvalue weighted by Crippen LogP contribution is -2.10. The number of ether oxygens (including phenoxy) is 2. The van der Waals surface area contributed by atoms with Crippen molar-refractivity contribution in [3.8, 4) is 11.5 Å². The van der Waals surface area contributed by atoms with E-state index in [1.165, 1.54) is 5.56 Å². The normalized spacial score (nSPS) is 10.4. The molecule has 0 amide bonds. The number of hydrogen-bond donors (Lipinski definition) is 0. The molecular formula is C17H19ClO2. The fourth-order valence-electron chi connectivity index (χ4n) is 2.02. The highest BCUT2D eigenvalue weighted by atomic mass is 35.5. The summed E-state index contributed by atoms with van der Waals surface area (Å²) in [5.41, 5.74) is 3.40. The Bertz CT molecular complexity index is 553. The summed E-state index contributed by atoms with van der Waals surface area (Å²) in [6, 6.07) is 11.9. The number of benzene rings is 2. The third-order valence-electron chi connectivity index (χ3n) is 2.99. The van der Waals surface area contributed by atoms with E-state index < -0.39 is 0 Å². The average Bonchev–Trinajstić information content (AvgIpc) is 2.39. The van der Waals surface area contributed by atoms with Crippen LogP contribution in [0.15, 0.2) is 36.4 Å². The van der Waals surface area contributed by atoms with Crippen LogP contribution in [0.25, 0.3) is 0 Å². The van der Waals surface area contributed by atoms with Gasteiger partial charge in [0, 0.05) is 0 Å². The van der Waals surface area contributed by atoms with Crippen molar-refractivity contribution in [3.05, 3.63) is 58.1 Å². The molecule has 0 saturated heterocycles. The summed E-state index contributed by atoms with van der Waals surface area (Å²) >= 11 is 6.18. The van der Waals surface area contributed by atoms with Gasteiger partial charge >= 0.3 is 0 Å². The monoisotopic (exact) mass is 290 g/mol. The van der Waals surface area contributed by atoms with E-state index in [-0.39, 0.29) is 0 Å². The molecule has 0 fully saturated rings.